The van der Waals surface area contributed by atoms with E-state index >= 15 is 0 Å². The van der Waals surface area contributed by atoms with Gasteiger partial charge in [-0.1, -0.05) is 6.92 Å². The molecule has 1 rings (SSSR count). The fourth-order valence-electron chi connectivity index (χ4n) is 2.12. The highest BCUT2D eigenvalue weighted by molar-refractivity contribution is 5.75. The van der Waals surface area contributed by atoms with Crippen LogP contribution >= 0.6 is 0 Å². The summed E-state index contributed by atoms with van der Waals surface area (Å²) >= 11 is 0. The molecule has 1 unspecified atom stereocenters. The lowest BCUT2D eigenvalue weighted by Crippen LogP contribution is -2.51. The molecule has 1 fully saturated rings. The van der Waals surface area contributed by atoms with Crippen LogP contribution in [-0.2, 0) is 4.79 Å². The maximum atomic E-state index is 11.7. The van der Waals surface area contributed by atoms with Gasteiger partial charge < -0.3 is 14.9 Å². The highest BCUT2D eigenvalue weighted by Crippen LogP contribution is 2.17. The predicted molar refractivity (Wildman–Crippen MR) is 60.2 cm³/mol. The standard InChI is InChI=1S/C11H20N2O3/c1-3-6-13-8-9(4-5-10(14)15)7-12(2)11(13)16/h9H,3-8H2,1-2H3,(H,14,15). The first-order chi connectivity index (χ1) is 7.54. The number of carbonyl (C=O) groups is 2. The molecule has 0 aromatic rings. The minimum absolute atomic E-state index is 0.0634. The van der Waals surface area contributed by atoms with Crippen LogP contribution in [0.3, 0.4) is 0 Å². The Labute approximate surface area is 96.0 Å². The van der Waals surface area contributed by atoms with E-state index in [4.69, 9.17) is 5.11 Å². The summed E-state index contributed by atoms with van der Waals surface area (Å²) in [7, 11) is 1.78. The number of rotatable bonds is 5. The molecule has 2 amide bonds. The third kappa shape index (κ3) is 3.40. The van der Waals surface area contributed by atoms with Crippen molar-refractivity contribution < 1.29 is 14.7 Å². The van der Waals surface area contributed by atoms with E-state index in [1.54, 1.807) is 11.9 Å². The molecule has 1 aliphatic rings. The second kappa shape index (κ2) is 5.72. The Morgan fingerprint density at radius 2 is 2.19 bits per heavy atom. The molecular formula is C11H20N2O3. The topological polar surface area (TPSA) is 60.9 Å². The van der Waals surface area contributed by atoms with Gasteiger partial charge in [0.25, 0.3) is 0 Å². The zero-order chi connectivity index (χ0) is 12.1. The van der Waals surface area contributed by atoms with Crippen molar-refractivity contribution >= 4 is 12.0 Å². The molecule has 0 bridgehead atoms. The van der Waals surface area contributed by atoms with Gasteiger partial charge in [-0.05, 0) is 18.8 Å². The second-order valence-corrected chi connectivity index (χ2v) is 4.41. The summed E-state index contributed by atoms with van der Waals surface area (Å²) in [6.07, 6.45) is 1.77. The van der Waals surface area contributed by atoms with E-state index in [1.165, 1.54) is 0 Å². The first-order valence-corrected chi connectivity index (χ1v) is 5.76. The van der Waals surface area contributed by atoms with Crippen LogP contribution in [0.2, 0.25) is 0 Å². The molecule has 16 heavy (non-hydrogen) atoms. The molecule has 0 aromatic carbocycles. The van der Waals surface area contributed by atoms with Gasteiger partial charge >= 0.3 is 12.0 Å². The van der Waals surface area contributed by atoms with Crippen LogP contribution in [0.25, 0.3) is 0 Å². The summed E-state index contributed by atoms with van der Waals surface area (Å²) in [5, 5.41) is 8.64. The molecule has 0 aliphatic carbocycles. The van der Waals surface area contributed by atoms with Crippen molar-refractivity contribution in [3.8, 4) is 0 Å². The molecule has 92 valence electrons. The number of hydrogen-bond acceptors (Lipinski definition) is 2. The maximum Gasteiger partial charge on any atom is 0.319 e. The number of amides is 2. The van der Waals surface area contributed by atoms with Gasteiger partial charge in [-0.2, -0.15) is 0 Å². The third-order valence-corrected chi connectivity index (χ3v) is 2.87. The first-order valence-electron chi connectivity index (χ1n) is 5.76. The van der Waals surface area contributed by atoms with Gasteiger partial charge in [-0.15, -0.1) is 0 Å². The number of carboxylic acid groups (broad SMARTS) is 1. The summed E-state index contributed by atoms with van der Waals surface area (Å²) < 4.78 is 0. The third-order valence-electron chi connectivity index (χ3n) is 2.87. The molecule has 1 atom stereocenters. The molecule has 0 radical (unpaired) electrons. The quantitative estimate of drug-likeness (QED) is 0.770. The molecule has 0 saturated carbocycles. The number of carboxylic acids is 1. The van der Waals surface area contributed by atoms with Crippen molar-refractivity contribution in [3.63, 3.8) is 0 Å². The Bertz CT molecular complexity index is 268. The highest BCUT2D eigenvalue weighted by Gasteiger charge is 2.28. The Morgan fingerprint density at radius 1 is 1.50 bits per heavy atom. The first kappa shape index (κ1) is 12.8. The van der Waals surface area contributed by atoms with Gasteiger partial charge in [-0.25, -0.2) is 4.79 Å². The van der Waals surface area contributed by atoms with E-state index in [0.717, 1.165) is 13.0 Å². The van der Waals surface area contributed by atoms with Crippen molar-refractivity contribution in [2.45, 2.75) is 26.2 Å². The van der Waals surface area contributed by atoms with Crippen molar-refractivity contribution in [2.75, 3.05) is 26.7 Å². The van der Waals surface area contributed by atoms with Gasteiger partial charge in [0, 0.05) is 33.1 Å². The largest absolute Gasteiger partial charge is 0.481 e. The van der Waals surface area contributed by atoms with Crippen LogP contribution < -0.4 is 0 Å². The molecule has 1 N–H and O–H groups in total. The zero-order valence-corrected chi connectivity index (χ0v) is 9.98. The number of carbonyl (C=O) groups excluding carboxylic acids is 1. The lowest BCUT2D eigenvalue weighted by atomic mass is 10.00. The Kier molecular flexibility index (Phi) is 4.58. The Morgan fingerprint density at radius 3 is 2.75 bits per heavy atom. The van der Waals surface area contributed by atoms with E-state index in [9.17, 15) is 9.59 Å². The Hall–Kier alpha value is -1.26. The van der Waals surface area contributed by atoms with Crippen molar-refractivity contribution in [1.82, 2.24) is 9.80 Å². The van der Waals surface area contributed by atoms with E-state index in [1.807, 2.05) is 11.8 Å². The van der Waals surface area contributed by atoms with Gasteiger partial charge in [-0.3, -0.25) is 4.79 Å². The SMILES string of the molecule is CCCN1CC(CCC(=O)O)CN(C)C1=O. The lowest BCUT2D eigenvalue weighted by Gasteiger charge is -2.38. The monoisotopic (exact) mass is 228 g/mol. The van der Waals surface area contributed by atoms with Crippen LogP contribution in [0.4, 0.5) is 4.79 Å². The smallest absolute Gasteiger partial charge is 0.319 e. The fourth-order valence-corrected chi connectivity index (χ4v) is 2.12. The number of nitrogens with zero attached hydrogens (tertiary/aromatic N) is 2. The fraction of sp³-hybridized carbons (Fsp3) is 0.818. The second-order valence-electron chi connectivity index (χ2n) is 4.41. The van der Waals surface area contributed by atoms with Crippen LogP contribution in [0.1, 0.15) is 26.2 Å². The normalized spacial score (nSPS) is 21.4. The molecule has 1 heterocycles. The number of urea groups is 1. The van der Waals surface area contributed by atoms with Gasteiger partial charge in [0.2, 0.25) is 0 Å². The van der Waals surface area contributed by atoms with Crippen LogP contribution in [0.15, 0.2) is 0 Å². The minimum Gasteiger partial charge on any atom is -0.481 e. The van der Waals surface area contributed by atoms with Crippen LogP contribution in [-0.4, -0.2) is 53.6 Å². The summed E-state index contributed by atoms with van der Waals surface area (Å²) in [6, 6.07) is 0.0634. The van der Waals surface area contributed by atoms with Crippen molar-refractivity contribution in [3.05, 3.63) is 0 Å². The van der Waals surface area contributed by atoms with Crippen LogP contribution in [0, 0.1) is 5.92 Å². The van der Waals surface area contributed by atoms with Gasteiger partial charge in [0.05, 0.1) is 0 Å². The molecule has 1 aliphatic heterocycles. The molecular weight excluding hydrogens is 208 g/mol. The molecule has 0 aromatic heterocycles. The maximum absolute atomic E-state index is 11.7. The van der Waals surface area contributed by atoms with E-state index in [-0.39, 0.29) is 18.4 Å². The summed E-state index contributed by atoms with van der Waals surface area (Å²) in [5.41, 5.74) is 0. The van der Waals surface area contributed by atoms with Crippen LogP contribution in [0.5, 0.6) is 0 Å². The summed E-state index contributed by atoms with van der Waals surface area (Å²) in [5.74, 6) is -0.480. The van der Waals surface area contributed by atoms with E-state index in [2.05, 4.69) is 0 Å². The number of hydrogen-bond donors (Lipinski definition) is 1. The highest BCUT2D eigenvalue weighted by atomic mass is 16.4. The predicted octanol–water partition coefficient (Wildman–Crippen LogP) is 1.24. The molecule has 5 nitrogen and oxygen atoms in total. The number of aliphatic carboxylic acids is 1. The van der Waals surface area contributed by atoms with Crippen molar-refractivity contribution in [1.29, 1.82) is 0 Å². The van der Waals surface area contributed by atoms with E-state index < -0.39 is 5.97 Å². The summed E-state index contributed by atoms with van der Waals surface area (Å²) in [6.45, 7) is 4.16. The van der Waals surface area contributed by atoms with Gasteiger partial charge in [0.1, 0.15) is 0 Å². The minimum atomic E-state index is -0.762. The molecule has 1 saturated heterocycles. The van der Waals surface area contributed by atoms with Gasteiger partial charge in [0.15, 0.2) is 0 Å². The van der Waals surface area contributed by atoms with Crippen molar-refractivity contribution in [2.24, 2.45) is 5.92 Å². The summed E-state index contributed by atoms with van der Waals surface area (Å²) in [4.78, 5) is 25.7. The average molecular weight is 228 g/mol. The Balaban J connectivity index is 2.49. The molecule has 5 heteroatoms. The average Bonchev–Trinajstić information content (AvgIpc) is 2.22. The zero-order valence-electron chi connectivity index (χ0n) is 9.98. The lowest BCUT2D eigenvalue weighted by molar-refractivity contribution is -0.137. The molecule has 0 spiro atoms. The van der Waals surface area contributed by atoms with E-state index in [0.29, 0.717) is 19.5 Å².